The Kier molecular flexibility index (Phi) is 12.1. The Hall–Kier alpha value is -4.19. The number of aliphatic hydroxyl groups is 1. The van der Waals surface area contributed by atoms with Crippen LogP contribution in [0.1, 0.15) is 31.1 Å². The van der Waals surface area contributed by atoms with Gasteiger partial charge in [-0.3, -0.25) is 18.4 Å². The molecular formula is C29H29O12P. The van der Waals surface area contributed by atoms with Gasteiger partial charge in [-0.2, -0.15) is 0 Å². The van der Waals surface area contributed by atoms with E-state index < -0.39 is 63.0 Å². The number of phosphoric acid groups is 1. The van der Waals surface area contributed by atoms with Gasteiger partial charge in [0, 0.05) is 14.2 Å². The fourth-order valence-electron chi connectivity index (χ4n) is 3.50. The van der Waals surface area contributed by atoms with Crippen molar-refractivity contribution in [2.45, 2.75) is 18.3 Å². The number of phosphoric ester groups is 1. The standard InChI is InChI=1S/C29H29O12P/c1-36-42(35,37-2)39-19-24(31)26(41-29(34)22-16-10-5-11-17-22)25(40-28(33)21-14-8-4-9-15-21)23(30)18-38-27(32)20-12-6-3-7-13-20/h3-17,23,25-26,30H,18-19H2,1-2H3/t23-,25+,26?/m1/s1. The van der Waals surface area contributed by atoms with Crippen LogP contribution in [0.5, 0.6) is 0 Å². The number of hydrogen-bond acceptors (Lipinski definition) is 12. The first kappa shape index (κ1) is 32.3. The number of hydrogen-bond donors (Lipinski definition) is 1. The van der Waals surface area contributed by atoms with E-state index in [1.165, 1.54) is 36.4 Å². The van der Waals surface area contributed by atoms with E-state index in [1.807, 2.05) is 0 Å². The molecule has 0 radical (unpaired) electrons. The van der Waals surface area contributed by atoms with Crippen LogP contribution in [0.3, 0.4) is 0 Å². The first-order chi connectivity index (χ1) is 20.2. The van der Waals surface area contributed by atoms with Gasteiger partial charge in [0.1, 0.15) is 19.3 Å². The lowest BCUT2D eigenvalue weighted by Gasteiger charge is -2.29. The summed E-state index contributed by atoms with van der Waals surface area (Å²) in [6.07, 6.45) is -5.80. The van der Waals surface area contributed by atoms with Crippen molar-refractivity contribution >= 4 is 31.5 Å². The topological polar surface area (TPSA) is 161 Å². The molecule has 42 heavy (non-hydrogen) atoms. The second-order valence-electron chi connectivity index (χ2n) is 8.51. The Morgan fingerprint density at radius 2 is 1.12 bits per heavy atom. The molecule has 1 unspecified atom stereocenters. The van der Waals surface area contributed by atoms with Crippen LogP contribution in [0.2, 0.25) is 0 Å². The number of ether oxygens (including phenoxy) is 3. The quantitative estimate of drug-likeness (QED) is 0.153. The number of carbonyl (C=O) groups excluding carboxylic acids is 4. The summed E-state index contributed by atoms with van der Waals surface area (Å²) in [6.45, 7) is -1.76. The number of rotatable bonds is 15. The van der Waals surface area contributed by atoms with Crippen LogP contribution in [-0.4, -0.2) is 74.5 Å². The molecule has 0 aromatic heterocycles. The molecular weight excluding hydrogens is 571 g/mol. The van der Waals surface area contributed by atoms with E-state index in [9.17, 15) is 28.8 Å². The summed E-state index contributed by atoms with van der Waals surface area (Å²) in [6, 6.07) is 23.0. The van der Waals surface area contributed by atoms with Gasteiger partial charge in [-0.25, -0.2) is 18.9 Å². The summed E-state index contributed by atoms with van der Waals surface area (Å²) >= 11 is 0. The monoisotopic (exact) mass is 600 g/mol. The molecule has 3 aromatic carbocycles. The van der Waals surface area contributed by atoms with Crippen LogP contribution in [0.15, 0.2) is 91.0 Å². The molecule has 3 aromatic rings. The third-order valence-electron chi connectivity index (χ3n) is 5.70. The lowest BCUT2D eigenvalue weighted by atomic mass is 10.0. The third kappa shape index (κ3) is 9.16. The minimum absolute atomic E-state index is 0.0359. The van der Waals surface area contributed by atoms with Crippen molar-refractivity contribution in [2.24, 2.45) is 0 Å². The van der Waals surface area contributed by atoms with Gasteiger partial charge < -0.3 is 19.3 Å². The Balaban J connectivity index is 1.93. The average molecular weight is 601 g/mol. The molecule has 0 amide bonds. The van der Waals surface area contributed by atoms with Crippen molar-refractivity contribution < 1.29 is 56.6 Å². The number of Topliss-reactive ketones (excluding diaryl/α,β-unsaturated/α-hetero) is 1. The molecule has 0 aliphatic carbocycles. The number of carbonyl (C=O) groups is 4. The summed E-state index contributed by atoms with van der Waals surface area (Å²) in [5.74, 6) is -3.88. The maximum Gasteiger partial charge on any atom is 0.474 e. The second-order valence-corrected chi connectivity index (χ2v) is 10.4. The molecule has 0 saturated carbocycles. The highest BCUT2D eigenvalue weighted by Crippen LogP contribution is 2.47. The van der Waals surface area contributed by atoms with Gasteiger partial charge in [0.15, 0.2) is 6.10 Å². The van der Waals surface area contributed by atoms with Crippen LogP contribution in [0.4, 0.5) is 0 Å². The lowest BCUT2D eigenvalue weighted by Crippen LogP contribution is -2.50. The Morgan fingerprint density at radius 3 is 1.57 bits per heavy atom. The van der Waals surface area contributed by atoms with E-state index in [0.29, 0.717) is 0 Å². The highest BCUT2D eigenvalue weighted by molar-refractivity contribution is 7.48. The molecule has 0 spiro atoms. The van der Waals surface area contributed by atoms with E-state index >= 15 is 0 Å². The zero-order valence-corrected chi connectivity index (χ0v) is 23.6. The van der Waals surface area contributed by atoms with Gasteiger partial charge >= 0.3 is 25.7 Å². The second kappa shape index (κ2) is 15.7. The van der Waals surface area contributed by atoms with Crippen LogP contribution in [-0.2, 0) is 37.1 Å². The van der Waals surface area contributed by atoms with Gasteiger partial charge in [-0.05, 0) is 36.4 Å². The minimum atomic E-state index is -4.16. The molecule has 3 rings (SSSR count). The van der Waals surface area contributed by atoms with Gasteiger partial charge in [-0.15, -0.1) is 0 Å². The van der Waals surface area contributed by atoms with Gasteiger partial charge in [0.25, 0.3) is 0 Å². The number of esters is 3. The zero-order valence-electron chi connectivity index (χ0n) is 22.7. The Morgan fingerprint density at radius 1 is 0.690 bits per heavy atom. The van der Waals surface area contributed by atoms with Crippen molar-refractivity contribution in [2.75, 3.05) is 27.4 Å². The molecule has 13 heteroatoms. The van der Waals surface area contributed by atoms with Crippen molar-refractivity contribution in [3.63, 3.8) is 0 Å². The maximum absolute atomic E-state index is 13.4. The molecule has 0 aliphatic heterocycles. The van der Waals surface area contributed by atoms with E-state index in [0.717, 1.165) is 14.2 Å². The van der Waals surface area contributed by atoms with Crippen LogP contribution in [0.25, 0.3) is 0 Å². The van der Waals surface area contributed by atoms with Crippen molar-refractivity contribution in [3.05, 3.63) is 108 Å². The van der Waals surface area contributed by atoms with Crippen molar-refractivity contribution in [3.8, 4) is 0 Å². The predicted octanol–water partition coefficient (Wildman–Crippen LogP) is 3.64. The largest absolute Gasteiger partial charge is 0.474 e. The Bertz CT molecular complexity index is 1370. The van der Waals surface area contributed by atoms with Crippen molar-refractivity contribution in [1.29, 1.82) is 0 Å². The highest BCUT2D eigenvalue weighted by atomic mass is 31.2. The molecule has 1 N–H and O–H groups in total. The smallest absolute Gasteiger partial charge is 0.459 e. The van der Waals surface area contributed by atoms with Crippen LogP contribution < -0.4 is 0 Å². The first-order valence-corrected chi connectivity index (χ1v) is 13.9. The SMILES string of the molecule is COP(=O)(OC)OCC(=O)C(OC(=O)c1ccccc1)[C@@H](OC(=O)c1ccccc1)[C@H](O)COC(=O)c1ccccc1. The number of aliphatic hydroxyl groups excluding tert-OH is 1. The summed E-state index contributed by atoms with van der Waals surface area (Å²) < 4.78 is 42.8. The molecule has 0 fully saturated rings. The fraction of sp³-hybridized carbons (Fsp3) is 0.241. The fourth-order valence-corrected chi connectivity index (χ4v) is 4.15. The lowest BCUT2D eigenvalue weighted by molar-refractivity contribution is -0.144. The Labute approximate surface area is 241 Å². The zero-order chi connectivity index (χ0) is 30.5. The predicted molar refractivity (Wildman–Crippen MR) is 147 cm³/mol. The molecule has 0 heterocycles. The molecule has 0 bridgehead atoms. The summed E-state index contributed by atoms with van der Waals surface area (Å²) in [5, 5.41) is 11.1. The van der Waals surface area contributed by atoms with Crippen LogP contribution in [0, 0.1) is 0 Å². The van der Waals surface area contributed by atoms with Gasteiger partial charge in [0.2, 0.25) is 11.9 Å². The van der Waals surface area contributed by atoms with E-state index in [4.69, 9.17) is 18.7 Å². The normalized spacial score (nSPS) is 13.3. The van der Waals surface area contributed by atoms with Crippen molar-refractivity contribution in [1.82, 2.24) is 0 Å². The molecule has 0 aliphatic rings. The average Bonchev–Trinajstić information content (AvgIpc) is 3.04. The van der Waals surface area contributed by atoms with E-state index in [-0.39, 0.29) is 16.7 Å². The first-order valence-electron chi connectivity index (χ1n) is 12.5. The third-order valence-corrected chi connectivity index (χ3v) is 7.04. The van der Waals surface area contributed by atoms with Crippen LogP contribution >= 0.6 is 7.82 Å². The minimum Gasteiger partial charge on any atom is -0.459 e. The summed E-state index contributed by atoms with van der Waals surface area (Å²) in [7, 11) is -2.11. The van der Waals surface area contributed by atoms with Gasteiger partial charge in [-0.1, -0.05) is 54.6 Å². The highest BCUT2D eigenvalue weighted by Gasteiger charge is 2.42. The van der Waals surface area contributed by atoms with E-state index in [2.05, 4.69) is 9.05 Å². The number of ketones is 1. The summed E-state index contributed by atoms with van der Waals surface area (Å²) in [4.78, 5) is 51.8. The molecule has 12 nitrogen and oxygen atoms in total. The molecule has 222 valence electrons. The molecule has 3 atom stereocenters. The number of benzene rings is 3. The van der Waals surface area contributed by atoms with E-state index in [1.54, 1.807) is 54.6 Å². The summed E-state index contributed by atoms with van der Waals surface area (Å²) in [5.41, 5.74) is 0.263. The van der Waals surface area contributed by atoms with Gasteiger partial charge in [0.05, 0.1) is 16.7 Å². The molecule has 0 saturated heterocycles. The maximum atomic E-state index is 13.4.